The smallest absolute Gasteiger partial charge is 0.456 e. The second-order valence-electron chi connectivity index (χ2n) is 24.3. The molecule has 0 aromatic rings. The number of unbranched alkanes of at least 4 members (excludes halogenated alkanes) is 26. The lowest BCUT2D eigenvalue weighted by molar-refractivity contribution is -0.870. The number of ether oxygens (including phenoxy) is 1. The molecule has 0 spiro atoms. The van der Waals surface area contributed by atoms with Crippen molar-refractivity contribution in [3.63, 3.8) is 0 Å². The summed E-state index contributed by atoms with van der Waals surface area (Å²) < 4.78 is 30.8. The molecule has 3 atom stereocenters. The standard InChI is InChI=1S/C76H131N2O7P/c1-7-10-13-16-19-22-25-28-30-32-34-36-37-38-39-40-41-43-44-46-48-50-53-56-59-62-65-68-75(79)77-73(72-84-86(81,82)83-71-70-78(4,5)6)74(67-64-61-58-55-52-27-24-21-18-15-12-9-3)85-76(80)69-66-63-60-57-54-51-49-47-45-42-35-33-31-29-26-23-20-17-14-11-8-2/h10,13,19-20,22-23,28-31,34-36,38-39,41-43,47,49,64,67,73-74H,7-9,11-12,14-18,21,24-27,32-33,37,40,44-46,48,50-63,65-66,68-72H2,1-6H3,(H-,77,79,81,82)/p+1/b13-10-,22-19-,23-20-,30-28-,31-29-,36-34-,39-38-,42-35-,43-41-,49-47-,67-64-. The summed E-state index contributed by atoms with van der Waals surface area (Å²) in [6.07, 6.45) is 91.7. The molecule has 0 fully saturated rings. The van der Waals surface area contributed by atoms with Crippen molar-refractivity contribution >= 4 is 19.7 Å². The van der Waals surface area contributed by atoms with E-state index < -0.39 is 20.0 Å². The predicted octanol–water partition coefficient (Wildman–Crippen LogP) is 22.4. The summed E-state index contributed by atoms with van der Waals surface area (Å²) >= 11 is 0. The van der Waals surface area contributed by atoms with Crippen molar-refractivity contribution in [3.05, 3.63) is 134 Å². The highest BCUT2D eigenvalue weighted by Gasteiger charge is 2.30. The summed E-state index contributed by atoms with van der Waals surface area (Å²) in [5.41, 5.74) is 0. The number of carbonyl (C=O) groups is 2. The summed E-state index contributed by atoms with van der Waals surface area (Å²) in [4.78, 5) is 37.9. The van der Waals surface area contributed by atoms with Gasteiger partial charge in [-0.15, -0.1) is 0 Å². The van der Waals surface area contributed by atoms with Crippen LogP contribution in [0.1, 0.15) is 284 Å². The van der Waals surface area contributed by atoms with Crippen molar-refractivity contribution in [2.75, 3.05) is 40.9 Å². The molecule has 10 heteroatoms. The number of phosphoric acid groups is 1. The summed E-state index contributed by atoms with van der Waals surface area (Å²) in [6.45, 7) is 6.85. The molecule has 2 N–H and O–H groups in total. The molecule has 0 aromatic heterocycles. The topological polar surface area (TPSA) is 111 Å². The molecule has 0 aromatic carbocycles. The Morgan fingerprint density at radius 2 is 0.744 bits per heavy atom. The Hall–Kier alpha value is -3.85. The van der Waals surface area contributed by atoms with Crippen LogP contribution < -0.4 is 5.32 Å². The number of amides is 1. The number of allylic oxidation sites excluding steroid dienone is 21. The summed E-state index contributed by atoms with van der Waals surface area (Å²) in [5.74, 6) is -0.541. The van der Waals surface area contributed by atoms with Gasteiger partial charge < -0.3 is 19.4 Å². The number of nitrogens with one attached hydrogen (secondary N) is 1. The van der Waals surface area contributed by atoms with E-state index in [9.17, 15) is 19.0 Å². The Kier molecular flexibility index (Phi) is 61.3. The molecule has 0 radical (unpaired) electrons. The van der Waals surface area contributed by atoms with E-state index in [1.54, 1.807) is 0 Å². The summed E-state index contributed by atoms with van der Waals surface area (Å²) in [5, 5.41) is 3.06. The van der Waals surface area contributed by atoms with Gasteiger partial charge in [-0.2, -0.15) is 0 Å². The number of phosphoric ester groups is 1. The number of esters is 1. The number of hydrogen-bond donors (Lipinski definition) is 2. The Labute approximate surface area is 530 Å². The van der Waals surface area contributed by atoms with Crippen LogP contribution >= 0.6 is 7.82 Å². The van der Waals surface area contributed by atoms with E-state index in [1.807, 2.05) is 33.3 Å². The average molecular weight is 1220 g/mol. The fourth-order valence-electron chi connectivity index (χ4n) is 9.46. The van der Waals surface area contributed by atoms with Crippen LogP contribution in [0.5, 0.6) is 0 Å². The van der Waals surface area contributed by atoms with Crippen LogP contribution in [0.3, 0.4) is 0 Å². The molecule has 0 heterocycles. The van der Waals surface area contributed by atoms with E-state index in [1.165, 1.54) is 103 Å². The highest BCUT2D eigenvalue weighted by atomic mass is 31.2. The van der Waals surface area contributed by atoms with Crippen LogP contribution in [0.4, 0.5) is 0 Å². The van der Waals surface area contributed by atoms with E-state index in [0.29, 0.717) is 23.9 Å². The molecule has 0 saturated carbocycles. The van der Waals surface area contributed by atoms with E-state index in [4.69, 9.17) is 13.8 Å². The maximum absolute atomic E-state index is 13.6. The molecular formula is C76H132N2O7P+. The molecule has 1 amide bonds. The van der Waals surface area contributed by atoms with Gasteiger partial charge in [0, 0.05) is 12.8 Å². The highest BCUT2D eigenvalue weighted by Crippen LogP contribution is 2.43. The van der Waals surface area contributed by atoms with Crippen molar-refractivity contribution in [3.8, 4) is 0 Å². The molecule has 0 aliphatic rings. The zero-order chi connectivity index (χ0) is 62.8. The molecular weight excluding hydrogens is 1080 g/mol. The number of quaternary nitrogens is 1. The SMILES string of the molecule is CC/C=C\C/C=C\C/C=C\C/C=C\C/C=C\C/C=C\CCCCCCCCCCC(=O)NC(COP(=O)(O)OCC[N+](C)(C)C)C(/C=C\CCCCCCCCCCCC)OC(=O)CCCCCCC/C=C\C/C=C\C/C=C\C/C=C\CCCCC. The third-order valence-corrected chi connectivity index (χ3v) is 15.8. The van der Waals surface area contributed by atoms with E-state index >= 15 is 0 Å². The van der Waals surface area contributed by atoms with Crippen LogP contribution in [0.2, 0.25) is 0 Å². The lowest BCUT2D eigenvalue weighted by atomic mass is 10.0. The fraction of sp³-hybridized carbons (Fsp3) is 0.684. The second-order valence-corrected chi connectivity index (χ2v) is 25.8. The Morgan fingerprint density at radius 3 is 1.14 bits per heavy atom. The summed E-state index contributed by atoms with van der Waals surface area (Å²) in [6, 6.07) is -0.872. The first kappa shape index (κ1) is 82.1. The number of rotatable bonds is 62. The molecule has 0 rings (SSSR count). The minimum Gasteiger partial charge on any atom is -0.456 e. The largest absolute Gasteiger partial charge is 0.472 e. The van der Waals surface area contributed by atoms with E-state index in [2.05, 4.69) is 148 Å². The molecule has 0 bridgehead atoms. The van der Waals surface area contributed by atoms with Crippen LogP contribution in [0.25, 0.3) is 0 Å². The number of hydrogen-bond acceptors (Lipinski definition) is 6. The molecule has 0 saturated heterocycles. The second kappa shape index (κ2) is 64.1. The Balaban J connectivity index is 5.16. The summed E-state index contributed by atoms with van der Waals surface area (Å²) in [7, 11) is 1.46. The molecule has 86 heavy (non-hydrogen) atoms. The fourth-order valence-corrected chi connectivity index (χ4v) is 10.2. The third kappa shape index (κ3) is 64.6. The molecule has 9 nitrogen and oxygen atoms in total. The molecule has 492 valence electrons. The van der Waals surface area contributed by atoms with E-state index in [0.717, 1.165) is 141 Å². The van der Waals surface area contributed by atoms with Gasteiger partial charge in [-0.25, -0.2) is 4.57 Å². The lowest BCUT2D eigenvalue weighted by Gasteiger charge is -2.27. The first-order chi connectivity index (χ1) is 41.9. The number of likely N-dealkylation sites (N-methyl/N-ethyl adjacent to an activating group) is 1. The van der Waals surface area contributed by atoms with Crippen molar-refractivity contribution in [2.45, 2.75) is 296 Å². The van der Waals surface area contributed by atoms with Crippen molar-refractivity contribution < 1.29 is 37.3 Å². The average Bonchev–Trinajstić information content (AvgIpc) is 3.67. The molecule has 0 aliphatic heterocycles. The lowest BCUT2D eigenvalue weighted by Crippen LogP contribution is -2.47. The van der Waals surface area contributed by atoms with Crippen molar-refractivity contribution in [1.82, 2.24) is 5.32 Å². The van der Waals surface area contributed by atoms with Crippen LogP contribution in [0.15, 0.2) is 134 Å². The normalized spacial score (nSPS) is 14.4. The van der Waals surface area contributed by atoms with Gasteiger partial charge in [0.25, 0.3) is 0 Å². The van der Waals surface area contributed by atoms with Gasteiger partial charge in [0.05, 0.1) is 33.8 Å². The van der Waals surface area contributed by atoms with Gasteiger partial charge in [0.15, 0.2) is 0 Å². The zero-order valence-corrected chi connectivity index (χ0v) is 57.2. The Morgan fingerprint density at radius 1 is 0.419 bits per heavy atom. The van der Waals surface area contributed by atoms with Crippen LogP contribution in [-0.2, 0) is 27.9 Å². The van der Waals surface area contributed by atoms with Gasteiger partial charge in [0.1, 0.15) is 19.3 Å². The van der Waals surface area contributed by atoms with E-state index in [-0.39, 0.29) is 31.5 Å². The van der Waals surface area contributed by atoms with Gasteiger partial charge in [-0.1, -0.05) is 277 Å². The van der Waals surface area contributed by atoms with Crippen molar-refractivity contribution in [1.29, 1.82) is 0 Å². The minimum absolute atomic E-state index is 0.0281. The predicted molar refractivity (Wildman–Crippen MR) is 373 cm³/mol. The quantitative estimate of drug-likeness (QED) is 0.0205. The zero-order valence-electron chi connectivity index (χ0n) is 56.3. The maximum Gasteiger partial charge on any atom is 0.472 e. The maximum atomic E-state index is 13.6. The number of carbonyl (C=O) groups excluding carboxylic acids is 2. The van der Waals surface area contributed by atoms with Gasteiger partial charge in [-0.05, 0) is 128 Å². The van der Waals surface area contributed by atoms with Crippen LogP contribution in [-0.4, -0.2) is 74.3 Å². The van der Waals surface area contributed by atoms with Gasteiger partial charge in [-0.3, -0.25) is 18.6 Å². The van der Waals surface area contributed by atoms with Crippen molar-refractivity contribution in [2.24, 2.45) is 0 Å². The molecule has 0 aliphatic carbocycles. The first-order valence-corrected chi connectivity index (χ1v) is 36.5. The van der Waals surface area contributed by atoms with Crippen LogP contribution in [0, 0.1) is 0 Å². The minimum atomic E-state index is -4.47. The highest BCUT2D eigenvalue weighted by molar-refractivity contribution is 7.47. The molecule has 3 unspecified atom stereocenters. The first-order valence-electron chi connectivity index (χ1n) is 35.0. The van der Waals surface area contributed by atoms with Gasteiger partial charge >= 0.3 is 13.8 Å². The third-order valence-electron chi connectivity index (χ3n) is 14.8. The Bertz CT molecular complexity index is 1930. The number of nitrogens with zero attached hydrogens (tertiary/aromatic N) is 1. The van der Waals surface area contributed by atoms with Gasteiger partial charge in [0.2, 0.25) is 5.91 Å². The monoisotopic (exact) mass is 1220 g/mol.